The van der Waals surface area contributed by atoms with Crippen LogP contribution in [0.1, 0.15) is 5.56 Å². The molecule has 0 radical (unpaired) electrons. The Morgan fingerprint density at radius 1 is 1.38 bits per heavy atom. The SMILES string of the molecule is CNCc1cccc(N2CCN(C)C2=O)c1. The number of hydrogen-bond acceptors (Lipinski definition) is 2. The number of carbonyl (C=O) groups excluding carboxylic acids is 1. The van der Waals surface area contributed by atoms with Crippen LogP contribution < -0.4 is 10.2 Å². The fourth-order valence-electron chi connectivity index (χ4n) is 1.93. The van der Waals surface area contributed by atoms with Gasteiger partial charge < -0.3 is 10.2 Å². The first-order valence-electron chi connectivity index (χ1n) is 5.48. The number of nitrogens with one attached hydrogen (secondary N) is 1. The predicted molar refractivity (Wildman–Crippen MR) is 64.6 cm³/mol. The van der Waals surface area contributed by atoms with Gasteiger partial charge in [-0.1, -0.05) is 12.1 Å². The average molecular weight is 219 g/mol. The third-order valence-electron chi connectivity index (χ3n) is 2.82. The van der Waals surface area contributed by atoms with Crippen molar-refractivity contribution >= 4 is 11.7 Å². The zero-order valence-electron chi connectivity index (χ0n) is 9.73. The maximum absolute atomic E-state index is 11.8. The molecule has 0 aliphatic carbocycles. The van der Waals surface area contributed by atoms with E-state index >= 15 is 0 Å². The molecule has 1 aliphatic rings. The second-order valence-corrected chi connectivity index (χ2v) is 4.06. The molecular weight excluding hydrogens is 202 g/mol. The fourth-order valence-corrected chi connectivity index (χ4v) is 1.93. The van der Waals surface area contributed by atoms with Crippen LogP contribution in [-0.2, 0) is 6.54 Å². The molecule has 1 aromatic carbocycles. The van der Waals surface area contributed by atoms with Gasteiger partial charge in [-0.05, 0) is 24.7 Å². The summed E-state index contributed by atoms with van der Waals surface area (Å²) in [7, 11) is 3.75. The number of carbonyl (C=O) groups is 1. The van der Waals surface area contributed by atoms with Crippen molar-refractivity contribution in [2.75, 3.05) is 32.1 Å². The minimum absolute atomic E-state index is 0.0848. The smallest absolute Gasteiger partial charge is 0.324 e. The Morgan fingerprint density at radius 3 is 2.81 bits per heavy atom. The van der Waals surface area contributed by atoms with Gasteiger partial charge in [-0.3, -0.25) is 4.90 Å². The molecule has 1 aliphatic heterocycles. The molecule has 1 heterocycles. The number of rotatable bonds is 3. The van der Waals surface area contributed by atoms with E-state index in [1.807, 2.05) is 31.1 Å². The van der Waals surface area contributed by atoms with Gasteiger partial charge in [0.15, 0.2) is 0 Å². The quantitative estimate of drug-likeness (QED) is 0.831. The Balaban J connectivity index is 2.20. The van der Waals surface area contributed by atoms with Crippen molar-refractivity contribution in [3.05, 3.63) is 29.8 Å². The van der Waals surface area contributed by atoms with E-state index in [0.29, 0.717) is 0 Å². The summed E-state index contributed by atoms with van der Waals surface area (Å²) < 4.78 is 0. The number of urea groups is 1. The molecule has 0 atom stereocenters. The minimum atomic E-state index is 0.0848. The highest BCUT2D eigenvalue weighted by Crippen LogP contribution is 2.20. The molecule has 1 aromatic rings. The van der Waals surface area contributed by atoms with E-state index in [2.05, 4.69) is 17.4 Å². The molecule has 0 aromatic heterocycles. The first kappa shape index (κ1) is 11.0. The largest absolute Gasteiger partial charge is 0.326 e. The lowest BCUT2D eigenvalue weighted by molar-refractivity contribution is 0.229. The van der Waals surface area contributed by atoms with Crippen molar-refractivity contribution in [3.63, 3.8) is 0 Å². The molecular formula is C12H17N3O. The van der Waals surface area contributed by atoms with Crippen LogP contribution >= 0.6 is 0 Å². The Morgan fingerprint density at radius 2 is 2.19 bits per heavy atom. The van der Waals surface area contributed by atoms with Crippen molar-refractivity contribution < 1.29 is 4.79 Å². The van der Waals surface area contributed by atoms with Gasteiger partial charge in [0, 0.05) is 32.4 Å². The van der Waals surface area contributed by atoms with Crippen molar-refractivity contribution in [2.24, 2.45) is 0 Å². The van der Waals surface area contributed by atoms with Crippen LogP contribution in [0.25, 0.3) is 0 Å². The van der Waals surface area contributed by atoms with E-state index in [1.54, 1.807) is 4.90 Å². The summed E-state index contributed by atoms with van der Waals surface area (Å²) in [6, 6.07) is 8.18. The Bertz CT molecular complexity index is 392. The van der Waals surface area contributed by atoms with Crippen LogP contribution in [0.15, 0.2) is 24.3 Å². The lowest BCUT2D eigenvalue weighted by Gasteiger charge is -2.16. The van der Waals surface area contributed by atoms with Crippen LogP contribution in [0.2, 0.25) is 0 Å². The second kappa shape index (κ2) is 4.53. The average Bonchev–Trinajstić information content (AvgIpc) is 2.61. The monoisotopic (exact) mass is 219 g/mol. The van der Waals surface area contributed by atoms with E-state index in [9.17, 15) is 4.79 Å². The molecule has 2 rings (SSSR count). The number of likely N-dealkylation sites (N-methyl/N-ethyl adjacent to an activating group) is 1. The highest BCUT2D eigenvalue weighted by atomic mass is 16.2. The highest BCUT2D eigenvalue weighted by molar-refractivity contribution is 5.93. The van der Waals surface area contributed by atoms with E-state index in [4.69, 9.17) is 0 Å². The standard InChI is InChI=1S/C12H17N3O/c1-13-9-10-4-3-5-11(8-10)15-7-6-14(2)12(15)16/h3-5,8,13H,6-7,9H2,1-2H3. The van der Waals surface area contributed by atoms with Crippen LogP contribution in [0.4, 0.5) is 10.5 Å². The van der Waals surface area contributed by atoms with Gasteiger partial charge >= 0.3 is 6.03 Å². The van der Waals surface area contributed by atoms with Crippen molar-refractivity contribution in [3.8, 4) is 0 Å². The topological polar surface area (TPSA) is 35.6 Å². The summed E-state index contributed by atoms with van der Waals surface area (Å²) in [6.07, 6.45) is 0. The number of hydrogen-bond donors (Lipinski definition) is 1. The molecule has 0 bridgehead atoms. The molecule has 86 valence electrons. The van der Waals surface area contributed by atoms with E-state index < -0.39 is 0 Å². The molecule has 0 unspecified atom stereocenters. The molecule has 4 nitrogen and oxygen atoms in total. The Hall–Kier alpha value is -1.55. The first-order chi connectivity index (χ1) is 7.72. The summed E-state index contributed by atoms with van der Waals surface area (Å²) in [4.78, 5) is 15.4. The predicted octanol–water partition coefficient (Wildman–Crippen LogP) is 1.28. The van der Waals surface area contributed by atoms with Crippen molar-refractivity contribution in [2.45, 2.75) is 6.54 Å². The van der Waals surface area contributed by atoms with Gasteiger partial charge in [0.25, 0.3) is 0 Å². The Kier molecular flexibility index (Phi) is 3.10. The molecule has 0 spiro atoms. The number of anilines is 1. The maximum atomic E-state index is 11.8. The van der Waals surface area contributed by atoms with Gasteiger partial charge in [0.1, 0.15) is 0 Å². The molecule has 4 heteroatoms. The Labute approximate surface area is 95.8 Å². The molecule has 1 N–H and O–H groups in total. The zero-order valence-corrected chi connectivity index (χ0v) is 9.73. The van der Waals surface area contributed by atoms with Gasteiger partial charge in [-0.25, -0.2) is 4.79 Å². The number of benzene rings is 1. The van der Waals surface area contributed by atoms with Crippen LogP contribution in [0.3, 0.4) is 0 Å². The lowest BCUT2D eigenvalue weighted by Crippen LogP contribution is -2.29. The van der Waals surface area contributed by atoms with E-state index in [1.165, 1.54) is 5.56 Å². The molecule has 16 heavy (non-hydrogen) atoms. The molecule has 1 saturated heterocycles. The van der Waals surface area contributed by atoms with Gasteiger partial charge in [0.05, 0.1) is 0 Å². The molecule has 1 fully saturated rings. The van der Waals surface area contributed by atoms with Crippen LogP contribution in [0.5, 0.6) is 0 Å². The van der Waals surface area contributed by atoms with Gasteiger partial charge in [-0.15, -0.1) is 0 Å². The minimum Gasteiger partial charge on any atom is -0.326 e. The van der Waals surface area contributed by atoms with Gasteiger partial charge in [0.2, 0.25) is 0 Å². The van der Waals surface area contributed by atoms with Crippen LogP contribution in [-0.4, -0.2) is 38.1 Å². The van der Waals surface area contributed by atoms with E-state index in [-0.39, 0.29) is 6.03 Å². The lowest BCUT2D eigenvalue weighted by atomic mass is 10.2. The third-order valence-corrected chi connectivity index (χ3v) is 2.82. The van der Waals surface area contributed by atoms with Crippen molar-refractivity contribution in [1.29, 1.82) is 0 Å². The first-order valence-corrected chi connectivity index (χ1v) is 5.48. The summed E-state index contributed by atoms with van der Waals surface area (Å²) >= 11 is 0. The molecule has 0 saturated carbocycles. The second-order valence-electron chi connectivity index (χ2n) is 4.06. The molecule has 2 amide bonds. The summed E-state index contributed by atoms with van der Waals surface area (Å²) in [5.74, 6) is 0. The van der Waals surface area contributed by atoms with Crippen LogP contribution in [0, 0.1) is 0 Å². The van der Waals surface area contributed by atoms with Gasteiger partial charge in [-0.2, -0.15) is 0 Å². The summed E-state index contributed by atoms with van der Waals surface area (Å²) in [5, 5.41) is 3.11. The number of amides is 2. The van der Waals surface area contributed by atoms with Crippen molar-refractivity contribution in [1.82, 2.24) is 10.2 Å². The number of nitrogens with zero attached hydrogens (tertiary/aromatic N) is 2. The normalized spacial score (nSPS) is 16.0. The summed E-state index contributed by atoms with van der Waals surface area (Å²) in [6.45, 7) is 2.40. The fraction of sp³-hybridized carbons (Fsp3) is 0.417. The highest BCUT2D eigenvalue weighted by Gasteiger charge is 2.26. The summed E-state index contributed by atoms with van der Waals surface area (Å²) in [5.41, 5.74) is 2.18. The maximum Gasteiger partial charge on any atom is 0.324 e. The van der Waals surface area contributed by atoms with E-state index in [0.717, 1.165) is 25.3 Å². The third kappa shape index (κ3) is 2.02. The zero-order chi connectivity index (χ0) is 11.5.